The van der Waals surface area contributed by atoms with Crippen LogP contribution in [0.1, 0.15) is 35.1 Å². The van der Waals surface area contributed by atoms with E-state index in [9.17, 15) is 0 Å². The molecular formula is C18H17ClN2. The van der Waals surface area contributed by atoms with Gasteiger partial charge < -0.3 is 5.32 Å². The summed E-state index contributed by atoms with van der Waals surface area (Å²) in [5.41, 5.74) is 5.75. The van der Waals surface area contributed by atoms with Crippen molar-refractivity contribution in [2.75, 3.05) is 5.32 Å². The Morgan fingerprint density at radius 1 is 1.14 bits per heavy atom. The number of hydrogen-bond donors (Lipinski definition) is 1. The van der Waals surface area contributed by atoms with Gasteiger partial charge in [-0.25, -0.2) is 0 Å². The Hall–Kier alpha value is -1.98. The summed E-state index contributed by atoms with van der Waals surface area (Å²) in [6, 6.07) is 14.0. The first-order valence-electron chi connectivity index (χ1n) is 7.31. The third-order valence-electron chi connectivity index (χ3n) is 4.05. The van der Waals surface area contributed by atoms with Crippen LogP contribution in [0.25, 0.3) is 0 Å². The number of hydrogen-bond acceptors (Lipinski definition) is 2. The number of nitrogens with one attached hydrogen (secondary N) is 1. The number of anilines is 1. The van der Waals surface area contributed by atoms with E-state index < -0.39 is 0 Å². The fraction of sp³-hybridized carbons (Fsp3) is 0.278. The lowest BCUT2D eigenvalue weighted by Gasteiger charge is -2.20. The summed E-state index contributed by atoms with van der Waals surface area (Å²) in [5, 5.41) is 13.0. The molecule has 2 aromatic rings. The zero-order valence-corrected chi connectivity index (χ0v) is 12.6. The standard InChI is InChI=1S/C18H17ClN2/c19-17-10-13(11-20)8-9-15(17)12-21-18-7-3-5-14-4-1-2-6-16(14)18/h3,5,7-10,21H,1-2,4,6,12H2. The largest absolute Gasteiger partial charge is 0.381 e. The SMILES string of the molecule is N#Cc1ccc(CNc2cccc3c2CCCC3)c(Cl)c1. The molecule has 0 saturated heterocycles. The molecule has 1 aliphatic carbocycles. The molecule has 0 radical (unpaired) electrons. The molecule has 0 atom stereocenters. The Kier molecular flexibility index (Phi) is 4.13. The maximum atomic E-state index is 8.87. The van der Waals surface area contributed by atoms with Gasteiger partial charge in [-0.15, -0.1) is 0 Å². The molecular weight excluding hydrogens is 280 g/mol. The fourth-order valence-corrected chi connectivity index (χ4v) is 3.14. The summed E-state index contributed by atoms with van der Waals surface area (Å²) in [6.45, 7) is 0.682. The van der Waals surface area contributed by atoms with E-state index in [-0.39, 0.29) is 0 Å². The molecule has 0 saturated carbocycles. The van der Waals surface area contributed by atoms with Crippen molar-refractivity contribution in [2.45, 2.75) is 32.2 Å². The van der Waals surface area contributed by atoms with Crippen molar-refractivity contribution in [2.24, 2.45) is 0 Å². The Bertz CT molecular complexity index is 701. The summed E-state index contributed by atoms with van der Waals surface area (Å²) in [5.74, 6) is 0. The molecule has 1 N–H and O–H groups in total. The molecule has 0 unspecified atom stereocenters. The second-order valence-electron chi connectivity index (χ2n) is 5.42. The second-order valence-corrected chi connectivity index (χ2v) is 5.83. The van der Waals surface area contributed by atoms with Gasteiger partial charge in [0.15, 0.2) is 0 Å². The van der Waals surface area contributed by atoms with E-state index >= 15 is 0 Å². The van der Waals surface area contributed by atoms with Gasteiger partial charge >= 0.3 is 0 Å². The number of fused-ring (bicyclic) bond motifs is 1. The minimum atomic E-state index is 0.598. The molecule has 0 heterocycles. The lowest BCUT2D eigenvalue weighted by Crippen LogP contribution is -2.08. The molecule has 1 aliphatic rings. The van der Waals surface area contributed by atoms with Crippen LogP contribution in [-0.2, 0) is 19.4 Å². The zero-order valence-electron chi connectivity index (χ0n) is 11.8. The van der Waals surface area contributed by atoms with Crippen LogP contribution >= 0.6 is 11.6 Å². The predicted octanol–water partition coefficient (Wildman–Crippen LogP) is 4.70. The number of nitriles is 1. The second kappa shape index (κ2) is 6.20. The number of nitrogens with zero attached hydrogens (tertiary/aromatic N) is 1. The molecule has 21 heavy (non-hydrogen) atoms. The van der Waals surface area contributed by atoms with E-state index in [4.69, 9.17) is 16.9 Å². The molecule has 0 amide bonds. The molecule has 0 aromatic heterocycles. The van der Waals surface area contributed by atoms with Gasteiger partial charge in [-0.2, -0.15) is 5.26 Å². The average Bonchev–Trinajstić information content (AvgIpc) is 2.53. The molecule has 3 heteroatoms. The van der Waals surface area contributed by atoms with Crippen LogP contribution in [0.2, 0.25) is 5.02 Å². The van der Waals surface area contributed by atoms with E-state index in [1.165, 1.54) is 36.1 Å². The number of rotatable bonds is 3. The van der Waals surface area contributed by atoms with E-state index in [1.807, 2.05) is 12.1 Å². The van der Waals surface area contributed by atoms with E-state index in [1.54, 1.807) is 6.07 Å². The molecule has 3 rings (SSSR count). The van der Waals surface area contributed by atoms with Crippen LogP contribution in [0.4, 0.5) is 5.69 Å². The van der Waals surface area contributed by atoms with Gasteiger partial charge in [0.1, 0.15) is 0 Å². The Labute approximate surface area is 130 Å². The lowest BCUT2D eigenvalue weighted by molar-refractivity contribution is 0.686. The highest BCUT2D eigenvalue weighted by atomic mass is 35.5. The maximum absolute atomic E-state index is 8.87. The van der Waals surface area contributed by atoms with E-state index in [2.05, 4.69) is 29.6 Å². The summed E-state index contributed by atoms with van der Waals surface area (Å²) in [4.78, 5) is 0. The van der Waals surface area contributed by atoms with Crippen molar-refractivity contribution in [3.05, 3.63) is 63.7 Å². The quantitative estimate of drug-likeness (QED) is 0.891. The monoisotopic (exact) mass is 296 g/mol. The van der Waals surface area contributed by atoms with Crippen molar-refractivity contribution in [1.29, 1.82) is 5.26 Å². The molecule has 0 fully saturated rings. The maximum Gasteiger partial charge on any atom is 0.0992 e. The molecule has 0 aliphatic heterocycles. The van der Waals surface area contributed by atoms with Crippen molar-refractivity contribution in [3.8, 4) is 6.07 Å². The van der Waals surface area contributed by atoms with Crippen molar-refractivity contribution in [3.63, 3.8) is 0 Å². The van der Waals surface area contributed by atoms with Crippen LogP contribution < -0.4 is 5.32 Å². The first-order chi connectivity index (χ1) is 10.3. The van der Waals surface area contributed by atoms with Gasteiger partial charge in [-0.05, 0) is 60.6 Å². The molecule has 2 nitrogen and oxygen atoms in total. The van der Waals surface area contributed by atoms with Gasteiger partial charge in [0, 0.05) is 17.3 Å². The third-order valence-corrected chi connectivity index (χ3v) is 4.40. The fourth-order valence-electron chi connectivity index (χ4n) is 2.90. The minimum Gasteiger partial charge on any atom is -0.381 e. The minimum absolute atomic E-state index is 0.598. The van der Waals surface area contributed by atoms with Crippen LogP contribution in [0, 0.1) is 11.3 Å². The summed E-state index contributed by atoms with van der Waals surface area (Å²) in [7, 11) is 0. The van der Waals surface area contributed by atoms with Crippen molar-refractivity contribution < 1.29 is 0 Å². The summed E-state index contributed by atoms with van der Waals surface area (Å²) >= 11 is 6.23. The van der Waals surface area contributed by atoms with Gasteiger partial charge in [0.25, 0.3) is 0 Å². The first kappa shape index (κ1) is 14.0. The molecule has 0 spiro atoms. The van der Waals surface area contributed by atoms with Crippen molar-refractivity contribution in [1.82, 2.24) is 0 Å². The lowest BCUT2D eigenvalue weighted by atomic mass is 9.90. The number of benzene rings is 2. The highest BCUT2D eigenvalue weighted by Gasteiger charge is 2.12. The zero-order chi connectivity index (χ0) is 14.7. The molecule has 2 aromatic carbocycles. The van der Waals surface area contributed by atoms with Crippen LogP contribution in [-0.4, -0.2) is 0 Å². The van der Waals surface area contributed by atoms with E-state index in [0.29, 0.717) is 17.1 Å². The third kappa shape index (κ3) is 3.04. The summed E-state index contributed by atoms with van der Waals surface area (Å²) < 4.78 is 0. The topological polar surface area (TPSA) is 35.8 Å². The van der Waals surface area contributed by atoms with Crippen LogP contribution in [0.15, 0.2) is 36.4 Å². The van der Waals surface area contributed by atoms with E-state index in [0.717, 1.165) is 12.0 Å². The first-order valence-corrected chi connectivity index (χ1v) is 7.69. The number of halogens is 1. The number of aryl methyl sites for hydroxylation is 1. The van der Waals surface area contributed by atoms with Gasteiger partial charge in [-0.3, -0.25) is 0 Å². The smallest absolute Gasteiger partial charge is 0.0992 e. The highest BCUT2D eigenvalue weighted by Crippen LogP contribution is 2.28. The normalized spacial score (nSPS) is 13.3. The van der Waals surface area contributed by atoms with Crippen LogP contribution in [0.5, 0.6) is 0 Å². The van der Waals surface area contributed by atoms with Crippen LogP contribution in [0.3, 0.4) is 0 Å². The van der Waals surface area contributed by atoms with Gasteiger partial charge in [0.2, 0.25) is 0 Å². The Balaban J connectivity index is 1.78. The van der Waals surface area contributed by atoms with Gasteiger partial charge in [-0.1, -0.05) is 29.8 Å². The highest BCUT2D eigenvalue weighted by molar-refractivity contribution is 6.31. The summed E-state index contributed by atoms with van der Waals surface area (Å²) in [6.07, 6.45) is 4.89. The van der Waals surface area contributed by atoms with Crippen molar-refractivity contribution >= 4 is 17.3 Å². The van der Waals surface area contributed by atoms with Gasteiger partial charge in [0.05, 0.1) is 11.6 Å². The molecule has 0 bridgehead atoms. The predicted molar refractivity (Wildman–Crippen MR) is 86.6 cm³/mol. The Morgan fingerprint density at radius 3 is 2.81 bits per heavy atom. The average molecular weight is 297 g/mol. The Morgan fingerprint density at radius 2 is 2.00 bits per heavy atom. The molecule has 106 valence electrons.